The van der Waals surface area contributed by atoms with E-state index in [9.17, 15) is 4.79 Å². The van der Waals surface area contributed by atoms with E-state index in [1.807, 2.05) is 29.9 Å². The lowest BCUT2D eigenvalue weighted by Gasteiger charge is -2.04. The van der Waals surface area contributed by atoms with Gasteiger partial charge in [-0.25, -0.2) is 0 Å². The van der Waals surface area contributed by atoms with Crippen molar-refractivity contribution in [1.82, 2.24) is 9.55 Å². The molecule has 0 atom stereocenters. The molecule has 0 aliphatic carbocycles. The van der Waals surface area contributed by atoms with Crippen LogP contribution in [0.2, 0.25) is 0 Å². The fourth-order valence-corrected chi connectivity index (χ4v) is 1.43. The molecule has 0 unspecified atom stereocenters. The predicted molar refractivity (Wildman–Crippen MR) is 61.3 cm³/mol. The molecule has 0 radical (unpaired) electrons. The molecule has 0 amide bonds. The lowest BCUT2D eigenvalue weighted by Crippen LogP contribution is -1.95. The zero-order valence-electron chi connectivity index (χ0n) is 8.25. The number of pyridine rings is 1. The molecule has 15 heavy (non-hydrogen) atoms. The summed E-state index contributed by atoms with van der Waals surface area (Å²) < 4.78 is 1.94. The molecule has 0 saturated carbocycles. The first-order chi connectivity index (χ1) is 6.83. The third-order valence-corrected chi connectivity index (χ3v) is 2.15. The van der Waals surface area contributed by atoms with Crippen molar-refractivity contribution >= 4 is 18.7 Å². The molecule has 0 aliphatic heterocycles. The Labute approximate surface area is 94.2 Å². The molecule has 2 rings (SSSR count). The second kappa shape index (κ2) is 4.75. The third-order valence-electron chi connectivity index (χ3n) is 2.15. The summed E-state index contributed by atoms with van der Waals surface area (Å²) in [5.74, 6) is 0. The Morgan fingerprint density at radius 2 is 2.13 bits per heavy atom. The third kappa shape index (κ3) is 2.07. The van der Waals surface area contributed by atoms with Crippen LogP contribution in [-0.4, -0.2) is 15.8 Å². The molecule has 0 N–H and O–H groups in total. The second-order valence-electron chi connectivity index (χ2n) is 3.06. The Kier molecular flexibility index (Phi) is 3.63. The maximum Gasteiger partial charge on any atom is 0.152 e. The fourth-order valence-electron chi connectivity index (χ4n) is 1.43. The van der Waals surface area contributed by atoms with Crippen molar-refractivity contribution in [2.75, 3.05) is 0 Å². The van der Waals surface area contributed by atoms with E-state index in [0.29, 0.717) is 5.56 Å². The maximum atomic E-state index is 10.8. The summed E-state index contributed by atoms with van der Waals surface area (Å²) >= 11 is 0. The molecule has 78 valence electrons. The highest BCUT2D eigenvalue weighted by Crippen LogP contribution is 2.19. The SMILES string of the molecule is Cl.Cn1cccc1-c1ncccc1C=O. The Hall–Kier alpha value is -1.61. The van der Waals surface area contributed by atoms with Gasteiger partial charge in [-0.2, -0.15) is 0 Å². The molecular formula is C11H11ClN2O. The Bertz CT molecular complexity index is 465. The van der Waals surface area contributed by atoms with Gasteiger partial charge in [0.25, 0.3) is 0 Å². The standard InChI is InChI=1S/C11H10N2O.ClH/c1-13-7-3-5-10(13)11-9(8-14)4-2-6-12-11;/h2-8H,1H3;1H. The van der Waals surface area contributed by atoms with E-state index < -0.39 is 0 Å². The van der Waals surface area contributed by atoms with Gasteiger partial charge in [-0.05, 0) is 24.3 Å². The minimum absolute atomic E-state index is 0. The summed E-state index contributed by atoms with van der Waals surface area (Å²) in [5.41, 5.74) is 2.30. The van der Waals surface area contributed by atoms with Crippen molar-refractivity contribution in [2.24, 2.45) is 7.05 Å². The van der Waals surface area contributed by atoms with Gasteiger partial charge in [0.05, 0.1) is 11.4 Å². The number of carbonyl (C=O) groups is 1. The van der Waals surface area contributed by atoms with Crippen LogP contribution in [-0.2, 0) is 7.05 Å². The highest BCUT2D eigenvalue weighted by molar-refractivity contribution is 5.85. The van der Waals surface area contributed by atoms with Crippen molar-refractivity contribution in [3.8, 4) is 11.4 Å². The molecular weight excluding hydrogens is 212 g/mol. The molecule has 0 saturated heterocycles. The van der Waals surface area contributed by atoms with E-state index in [-0.39, 0.29) is 12.4 Å². The summed E-state index contributed by atoms with van der Waals surface area (Å²) in [5, 5.41) is 0. The maximum absolute atomic E-state index is 10.8. The van der Waals surface area contributed by atoms with Gasteiger partial charge in [0.1, 0.15) is 0 Å². The molecule has 0 bridgehead atoms. The van der Waals surface area contributed by atoms with E-state index in [1.54, 1.807) is 18.3 Å². The number of carbonyl (C=O) groups excluding carboxylic acids is 1. The van der Waals surface area contributed by atoms with Crippen LogP contribution >= 0.6 is 12.4 Å². The summed E-state index contributed by atoms with van der Waals surface area (Å²) in [6.45, 7) is 0. The van der Waals surface area contributed by atoms with E-state index in [1.165, 1.54) is 0 Å². The Balaban J connectivity index is 0.00000112. The second-order valence-corrected chi connectivity index (χ2v) is 3.06. The summed E-state index contributed by atoms with van der Waals surface area (Å²) in [7, 11) is 1.93. The van der Waals surface area contributed by atoms with Crippen molar-refractivity contribution in [3.05, 3.63) is 42.2 Å². The summed E-state index contributed by atoms with van der Waals surface area (Å²) in [6, 6.07) is 7.40. The molecule has 2 heterocycles. The molecule has 2 aromatic rings. The normalized spacial score (nSPS) is 9.40. The Morgan fingerprint density at radius 1 is 1.33 bits per heavy atom. The molecule has 3 nitrogen and oxygen atoms in total. The molecule has 2 aromatic heterocycles. The summed E-state index contributed by atoms with van der Waals surface area (Å²) in [6.07, 6.45) is 4.45. The van der Waals surface area contributed by atoms with Crippen molar-refractivity contribution in [2.45, 2.75) is 0 Å². The smallest absolute Gasteiger partial charge is 0.152 e. The molecule has 0 spiro atoms. The molecule has 4 heteroatoms. The van der Waals surface area contributed by atoms with E-state index in [2.05, 4.69) is 4.98 Å². The average molecular weight is 223 g/mol. The molecule has 0 fully saturated rings. The van der Waals surface area contributed by atoms with Crippen molar-refractivity contribution < 1.29 is 4.79 Å². The highest BCUT2D eigenvalue weighted by Gasteiger charge is 2.07. The summed E-state index contributed by atoms with van der Waals surface area (Å²) in [4.78, 5) is 15.0. The van der Waals surface area contributed by atoms with E-state index >= 15 is 0 Å². The van der Waals surface area contributed by atoms with E-state index in [0.717, 1.165) is 17.7 Å². The number of aromatic nitrogens is 2. The van der Waals surface area contributed by atoms with Crippen molar-refractivity contribution in [3.63, 3.8) is 0 Å². The zero-order valence-corrected chi connectivity index (χ0v) is 9.07. The number of nitrogens with zero attached hydrogens (tertiary/aromatic N) is 2. The van der Waals surface area contributed by atoms with Crippen LogP contribution in [0.3, 0.4) is 0 Å². The van der Waals surface area contributed by atoms with Crippen molar-refractivity contribution in [1.29, 1.82) is 0 Å². The van der Waals surface area contributed by atoms with Crippen LogP contribution in [0, 0.1) is 0 Å². The van der Waals surface area contributed by atoms with Crippen LogP contribution < -0.4 is 0 Å². The predicted octanol–water partition coefficient (Wildman–Crippen LogP) is 2.32. The first kappa shape index (κ1) is 11.5. The average Bonchev–Trinajstić information content (AvgIpc) is 2.64. The largest absolute Gasteiger partial charge is 0.349 e. The minimum Gasteiger partial charge on any atom is -0.349 e. The first-order valence-electron chi connectivity index (χ1n) is 4.35. The van der Waals surface area contributed by atoms with Gasteiger partial charge in [0.2, 0.25) is 0 Å². The number of aryl methyl sites for hydroxylation is 1. The van der Waals surface area contributed by atoms with Gasteiger partial charge in [-0.15, -0.1) is 12.4 Å². The zero-order chi connectivity index (χ0) is 9.97. The van der Waals surface area contributed by atoms with Gasteiger partial charge >= 0.3 is 0 Å². The number of rotatable bonds is 2. The van der Waals surface area contributed by atoms with E-state index in [4.69, 9.17) is 0 Å². The number of halogens is 1. The van der Waals surface area contributed by atoms with Crippen LogP contribution in [0.4, 0.5) is 0 Å². The Morgan fingerprint density at radius 3 is 2.73 bits per heavy atom. The fraction of sp³-hybridized carbons (Fsp3) is 0.0909. The van der Waals surface area contributed by atoms with Crippen LogP contribution in [0.15, 0.2) is 36.7 Å². The van der Waals surface area contributed by atoms with Gasteiger partial charge in [-0.3, -0.25) is 9.78 Å². The number of aldehydes is 1. The molecule has 0 aliphatic rings. The number of hydrogen-bond acceptors (Lipinski definition) is 2. The van der Waals surface area contributed by atoms with Crippen LogP contribution in [0.1, 0.15) is 10.4 Å². The topological polar surface area (TPSA) is 34.9 Å². The lowest BCUT2D eigenvalue weighted by molar-refractivity contribution is 0.112. The monoisotopic (exact) mass is 222 g/mol. The van der Waals surface area contributed by atoms with Gasteiger partial charge in [0.15, 0.2) is 6.29 Å². The van der Waals surface area contributed by atoms with Gasteiger partial charge < -0.3 is 4.57 Å². The van der Waals surface area contributed by atoms with Crippen LogP contribution in [0.25, 0.3) is 11.4 Å². The lowest BCUT2D eigenvalue weighted by atomic mass is 10.1. The first-order valence-corrected chi connectivity index (χ1v) is 4.35. The van der Waals surface area contributed by atoms with Gasteiger partial charge in [0, 0.05) is 25.0 Å². The number of hydrogen-bond donors (Lipinski definition) is 0. The quantitative estimate of drug-likeness (QED) is 0.731. The molecule has 0 aromatic carbocycles. The minimum atomic E-state index is 0. The highest BCUT2D eigenvalue weighted by atomic mass is 35.5. The van der Waals surface area contributed by atoms with Gasteiger partial charge in [-0.1, -0.05) is 0 Å². The van der Waals surface area contributed by atoms with Crippen LogP contribution in [0.5, 0.6) is 0 Å².